The van der Waals surface area contributed by atoms with Gasteiger partial charge in [-0.3, -0.25) is 0 Å². The lowest BCUT2D eigenvalue weighted by Gasteiger charge is -2.11. The molecule has 0 radical (unpaired) electrons. The van der Waals surface area contributed by atoms with Crippen LogP contribution >= 0.6 is 28.1 Å². The van der Waals surface area contributed by atoms with Gasteiger partial charge < -0.3 is 15.7 Å². The summed E-state index contributed by atoms with van der Waals surface area (Å²) in [4.78, 5) is 0. The van der Waals surface area contributed by atoms with Gasteiger partial charge in [-0.2, -0.15) is 0 Å². The molecule has 0 aliphatic rings. The van der Waals surface area contributed by atoms with Gasteiger partial charge in [-0.15, -0.1) is 0 Å². The average Bonchev–Trinajstić information content (AvgIpc) is 2.31. The summed E-state index contributed by atoms with van der Waals surface area (Å²) in [6, 6.07) is 2.48. The number of halogens is 3. The summed E-state index contributed by atoms with van der Waals surface area (Å²) in [6.07, 6.45) is 0. The number of rotatable bonds is 4. The second kappa shape index (κ2) is 6.83. The van der Waals surface area contributed by atoms with E-state index in [0.717, 1.165) is 0 Å². The van der Waals surface area contributed by atoms with Gasteiger partial charge in [0.05, 0.1) is 11.1 Å². The molecule has 1 rings (SSSR count). The first-order valence-corrected chi connectivity index (χ1v) is 6.01. The van der Waals surface area contributed by atoms with E-state index in [4.69, 9.17) is 17.3 Å². The maximum absolute atomic E-state index is 13.5. The van der Waals surface area contributed by atoms with Crippen molar-refractivity contribution < 1.29 is 13.9 Å². The average molecular weight is 325 g/mol. The summed E-state index contributed by atoms with van der Waals surface area (Å²) in [5.41, 5.74) is -0.0903. The number of thiocarbonyl (C=S) groups is 1. The highest BCUT2D eigenvalue weighted by Crippen LogP contribution is 2.21. The van der Waals surface area contributed by atoms with E-state index in [2.05, 4.69) is 26.6 Å². The molecule has 3 nitrogen and oxygen atoms in total. The Hall–Kier alpha value is -0.790. The van der Waals surface area contributed by atoms with Gasteiger partial charge >= 0.3 is 0 Å². The first kappa shape index (κ1) is 14.3. The van der Waals surface area contributed by atoms with Crippen LogP contribution in [0.3, 0.4) is 0 Å². The third-order valence-corrected chi connectivity index (χ3v) is 2.86. The molecule has 0 aromatic heterocycles. The van der Waals surface area contributed by atoms with Crippen LogP contribution in [0.15, 0.2) is 16.6 Å². The summed E-state index contributed by atoms with van der Waals surface area (Å²) in [5, 5.41) is 14.1. The summed E-state index contributed by atoms with van der Waals surface area (Å²) in [6.45, 7) is 0.158. The standard InChI is InChI=1S/C10H11BrF2N2OS/c11-7-1-2-8(12)6(9(7)13)5-15-10(17)14-3-4-16/h1-2,16H,3-5H2,(H2,14,15,17). The van der Waals surface area contributed by atoms with Crippen LogP contribution in [0.1, 0.15) is 5.56 Å². The van der Waals surface area contributed by atoms with Crippen molar-refractivity contribution in [2.75, 3.05) is 13.2 Å². The SMILES string of the molecule is OCCNC(=S)NCc1c(F)ccc(Br)c1F. The third kappa shape index (κ3) is 4.18. The molecular formula is C10H11BrF2N2OS. The van der Waals surface area contributed by atoms with Crippen LogP contribution in [-0.4, -0.2) is 23.4 Å². The Kier molecular flexibility index (Phi) is 5.73. The predicted octanol–water partition coefficient (Wildman–Crippen LogP) is 1.68. The van der Waals surface area contributed by atoms with Crippen LogP contribution in [0.5, 0.6) is 0 Å². The highest BCUT2D eigenvalue weighted by atomic mass is 79.9. The number of nitrogens with one attached hydrogen (secondary N) is 2. The van der Waals surface area contributed by atoms with Crippen molar-refractivity contribution in [3.05, 3.63) is 33.8 Å². The summed E-state index contributed by atoms with van der Waals surface area (Å²) in [5.74, 6) is -1.29. The van der Waals surface area contributed by atoms with Crippen molar-refractivity contribution in [2.45, 2.75) is 6.54 Å². The maximum atomic E-state index is 13.5. The van der Waals surface area contributed by atoms with E-state index in [1.54, 1.807) is 0 Å². The van der Waals surface area contributed by atoms with E-state index < -0.39 is 11.6 Å². The fourth-order valence-corrected chi connectivity index (χ4v) is 1.68. The molecule has 0 heterocycles. The Morgan fingerprint density at radius 1 is 1.35 bits per heavy atom. The highest BCUT2D eigenvalue weighted by molar-refractivity contribution is 9.10. The van der Waals surface area contributed by atoms with Gasteiger partial charge in [-0.1, -0.05) is 0 Å². The minimum atomic E-state index is -0.651. The molecule has 1 aromatic carbocycles. The van der Waals surface area contributed by atoms with Crippen molar-refractivity contribution in [3.8, 4) is 0 Å². The van der Waals surface area contributed by atoms with E-state index in [0.29, 0.717) is 0 Å². The van der Waals surface area contributed by atoms with Crippen LogP contribution in [0, 0.1) is 11.6 Å². The fourth-order valence-electron chi connectivity index (χ4n) is 1.13. The molecular weight excluding hydrogens is 314 g/mol. The Labute approximate surface area is 111 Å². The monoisotopic (exact) mass is 324 g/mol. The number of hydrogen-bond acceptors (Lipinski definition) is 2. The molecule has 0 spiro atoms. The predicted molar refractivity (Wildman–Crippen MR) is 68.6 cm³/mol. The first-order valence-electron chi connectivity index (χ1n) is 4.81. The fraction of sp³-hybridized carbons (Fsp3) is 0.300. The summed E-state index contributed by atoms with van der Waals surface area (Å²) < 4.78 is 27.1. The lowest BCUT2D eigenvalue weighted by Crippen LogP contribution is -2.36. The van der Waals surface area contributed by atoms with Crippen LogP contribution in [0.25, 0.3) is 0 Å². The number of aliphatic hydroxyl groups excluding tert-OH is 1. The lowest BCUT2D eigenvalue weighted by molar-refractivity contribution is 0.300. The molecule has 0 bridgehead atoms. The van der Waals surface area contributed by atoms with Gasteiger partial charge in [0.25, 0.3) is 0 Å². The van der Waals surface area contributed by atoms with Gasteiger partial charge in [0.15, 0.2) is 5.11 Å². The molecule has 0 fully saturated rings. The van der Waals surface area contributed by atoms with Gasteiger partial charge in [-0.05, 0) is 40.3 Å². The van der Waals surface area contributed by atoms with Crippen molar-refractivity contribution in [1.82, 2.24) is 10.6 Å². The van der Waals surface area contributed by atoms with Crippen LogP contribution in [0.4, 0.5) is 8.78 Å². The quantitative estimate of drug-likeness (QED) is 0.582. The van der Waals surface area contributed by atoms with E-state index in [1.807, 2.05) is 0 Å². The molecule has 0 aliphatic heterocycles. The largest absolute Gasteiger partial charge is 0.395 e. The number of hydrogen-bond donors (Lipinski definition) is 3. The Morgan fingerprint density at radius 2 is 2.06 bits per heavy atom. The highest BCUT2D eigenvalue weighted by Gasteiger charge is 2.12. The van der Waals surface area contributed by atoms with Crippen molar-refractivity contribution in [1.29, 1.82) is 0 Å². The van der Waals surface area contributed by atoms with Gasteiger partial charge in [0, 0.05) is 18.7 Å². The van der Waals surface area contributed by atoms with Crippen molar-refractivity contribution >= 4 is 33.3 Å². The molecule has 0 saturated carbocycles. The molecule has 1 aromatic rings. The summed E-state index contributed by atoms with van der Waals surface area (Å²) in [7, 11) is 0. The molecule has 17 heavy (non-hydrogen) atoms. The van der Waals surface area contributed by atoms with Crippen molar-refractivity contribution in [2.24, 2.45) is 0 Å². The molecule has 3 N–H and O–H groups in total. The van der Waals surface area contributed by atoms with Crippen molar-refractivity contribution in [3.63, 3.8) is 0 Å². The second-order valence-corrected chi connectivity index (χ2v) is 4.42. The molecule has 0 aliphatic carbocycles. The van der Waals surface area contributed by atoms with Crippen LogP contribution in [-0.2, 0) is 6.54 Å². The molecule has 0 unspecified atom stereocenters. The first-order chi connectivity index (χ1) is 8.06. The second-order valence-electron chi connectivity index (χ2n) is 3.15. The van der Waals surface area contributed by atoms with E-state index >= 15 is 0 Å². The minimum absolute atomic E-state index is 0.0611. The maximum Gasteiger partial charge on any atom is 0.166 e. The Bertz CT molecular complexity index is 418. The zero-order valence-corrected chi connectivity index (χ0v) is 11.2. The van der Waals surface area contributed by atoms with E-state index in [-0.39, 0.29) is 34.8 Å². The topological polar surface area (TPSA) is 44.3 Å². The van der Waals surface area contributed by atoms with E-state index in [1.165, 1.54) is 12.1 Å². The molecule has 0 amide bonds. The lowest BCUT2D eigenvalue weighted by atomic mass is 10.2. The van der Waals surface area contributed by atoms with Crippen LogP contribution < -0.4 is 10.6 Å². The molecule has 7 heteroatoms. The number of benzene rings is 1. The summed E-state index contributed by atoms with van der Waals surface area (Å²) >= 11 is 7.83. The van der Waals surface area contributed by atoms with Gasteiger partial charge in [-0.25, -0.2) is 8.78 Å². The van der Waals surface area contributed by atoms with Gasteiger partial charge in [0.1, 0.15) is 11.6 Å². The normalized spacial score (nSPS) is 10.1. The zero-order valence-electron chi connectivity index (χ0n) is 8.77. The molecule has 0 saturated heterocycles. The Balaban J connectivity index is 2.63. The third-order valence-electron chi connectivity index (χ3n) is 1.96. The van der Waals surface area contributed by atoms with E-state index in [9.17, 15) is 8.78 Å². The number of aliphatic hydroxyl groups is 1. The van der Waals surface area contributed by atoms with Gasteiger partial charge in [0.2, 0.25) is 0 Å². The minimum Gasteiger partial charge on any atom is -0.395 e. The Morgan fingerprint density at radius 3 is 2.71 bits per heavy atom. The smallest absolute Gasteiger partial charge is 0.166 e. The zero-order chi connectivity index (χ0) is 12.8. The van der Waals surface area contributed by atoms with Crippen LogP contribution in [0.2, 0.25) is 0 Å². The molecule has 0 atom stereocenters. The molecule has 94 valence electrons.